The quantitative estimate of drug-likeness (QED) is 0.287. The minimum absolute atomic E-state index is 0.0488. The van der Waals surface area contributed by atoms with E-state index < -0.39 is 0 Å². The molecule has 4 aromatic carbocycles. The van der Waals surface area contributed by atoms with Gasteiger partial charge in [0.15, 0.2) is 11.6 Å². The van der Waals surface area contributed by atoms with Crippen LogP contribution in [0.1, 0.15) is 31.8 Å². The van der Waals surface area contributed by atoms with Crippen LogP contribution in [-0.4, -0.2) is 11.6 Å². The highest BCUT2D eigenvalue weighted by Gasteiger charge is 2.13. The number of benzene rings is 4. The Kier molecular flexibility index (Phi) is 6.88. The summed E-state index contributed by atoms with van der Waals surface area (Å²) in [4.78, 5) is 24.1. The molecule has 0 aromatic heterocycles. The second kappa shape index (κ2) is 9.95. The maximum absolute atomic E-state index is 12.1. The van der Waals surface area contributed by atoms with Crippen LogP contribution in [0.15, 0.2) is 97.1 Å². The summed E-state index contributed by atoms with van der Waals surface area (Å²) in [5, 5.41) is 0. The molecule has 4 rings (SSSR count). The van der Waals surface area contributed by atoms with Crippen LogP contribution >= 0.6 is 0 Å². The Hall–Kier alpha value is -4.58. The van der Waals surface area contributed by atoms with E-state index in [2.05, 4.69) is 0 Å². The van der Waals surface area contributed by atoms with Gasteiger partial charge in [0.2, 0.25) is 0 Å². The predicted octanol–water partition coefficient (Wildman–Crippen LogP) is 4.16. The van der Waals surface area contributed by atoms with Crippen LogP contribution in [0, 0.1) is 0 Å². The molecule has 0 aliphatic carbocycles. The average Bonchev–Trinajstić information content (AvgIpc) is 2.83. The molecule has 4 aromatic rings. The zero-order valence-electron chi connectivity index (χ0n) is 17.4. The van der Waals surface area contributed by atoms with E-state index in [-0.39, 0.29) is 11.6 Å². The Morgan fingerprint density at radius 1 is 0.469 bits per heavy atom. The first-order valence-corrected chi connectivity index (χ1v) is 9.87. The van der Waals surface area contributed by atoms with Crippen molar-refractivity contribution < 1.29 is 9.59 Å². The molecule has 0 bridgehead atoms. The molecule has 8 N–H and O–H groups in total. The van der Waals surface area contributed by atoms with Crippen molar-refractivity contribution >= 4 is 34.3 Å². The molecular formula is C26H24N4O2. The summed E-state index contributed by atoms with van der Waals surface area (Å²) in [6.07, 6.45) is 0. The number of rotatable bonds is 4. The SMILES string of the molecule is Nc1ccc(C(=O)c2ccccc2)cc1N.Nc1cccc(C(=O)c2ccccc2)c1N. The third-order valence-electron chi connectivity index (χ3n) is 4.81. The second-order valence-corrected chi connectivity index (χ2v) is 7.04. The normalized spacial score (nSPS) is 10.0. The van der Waals surface area contributed by atoms with Crippen molar-refractivity contribution in [3.05, 3.63) is 119 Å². The number of ketones is 2. The Morgan fingerprint density at radius 3 is 1.59 bits per heavy atom. The van der Waals surface area contributed by atoms with E-state index in [9.17, 15) is 9.59 Å². The number of nitrogens with two attached hydrogens (primary N) is 4. The average molecular weight is 425 g/mol. The lowest BCUT2D eigenvalue weighted by molar-refractivity contribution is 0.103. The smallest absolute Gasteiger partial charge is 0.195 e. The monoisotopic (exact) mass is 424 g/mol. The molecule has 160 valence electrons. The Bertz CT molecular complexity index is 1240. The maximum Gasteiger partial charge on any atom is 0.195 e. The van der Waals surface area contributed by atoms with Gasteiger partial charge in [-0.25, -0.2) is 0 Å². The van der Waals surface area contributed by atoms with Gasteiger partial charge >= 0.3 is 0 Å². The summed E-state index contributed by atoms with van der Waals surface area (Å²) in [6, 6.07) is 28.1. The molecule has 0 atom stereocenters. The van der Waals surface area contributed by atoms with Crippen LogP contribution in [0.5, 0.6) is 0 Å². The Morgan fingerprint density at radius 2 is 1.03 bits per heavy atom. The van der Waals surface area contributed by atoms with Crippen LogP contribution in [0.3, 0.4) is 0 Å². The summed E-state index contributed by atoms with van der Waals surface area (Å²) in [5.74, 6) is -0.155. The zero-order chi connectivity index (χ0) is 23.1. The van der Waals surface area contributed by atoms with Gasteiger partial charge in [-0.15, -0.1) is 0 Å². The van der Waals surface area contributed by atoms with E-state index in [4.69, 9.17) is 22.9 Å². The zero-order valence-corrected chi connectivity index (χ0v) is 17.4. The van der Waals surface area contributed by atoms with Crippen molar-refractivity contribution in [2.75, 3.05) is 22.9 Å². The van der Waals surface area contributed by atoms with Gasteiger partial charge in [-0.3, -0.25) is 9.59 Å². The molecule has 0 aliphatic heterocycles. The van der Waals surface area contributed by atoms with E-state index in [0.29, 0.717) is 45.0 Å². The minimum Gasteiger partial charge on any atom is -0.397 e. The van der Waals surface area contributed by atoms with Gasteiger partial charge in [-0.1, -0.05) is 66.7 Å². The highest BCUT2D eigenvalue weighted by molar-refractivity contribution is 6.13. The summed E-state index contributed by atoms with van der Waals surface area (Å²) in [5.41, 5.74) is 26.6. The number of carbonyl (C=O) groups excluding carboxylic acids is 2. The first kappa shape index (κ1) is 22.1. The summed E-state index contributed by atoms with van der Waals surface area (Å²) in [7, 11) is 0. The lowest BCUT2D eigenvalue weighted by Gasteiger charge is -2.06. The van der Waals surface area contributed by atoms with Crippen LogP contribution in [0.2, 0.25) is 0 Å². The molecule has 0 saturated carbocycles. The molecule has 0 heterocycles. The minimum atomic E-state index is -0.106. The fourth-order valence-corrected chi connectivity index (χ4v) is 3.00. The summed E-state index contributed by atoms with van der Waals surface area (Å²) >= 11 is 0. The van der Waals surface area contributed by atoms with Gasteiger partial charge in [0, 0.05) is 22.3 Å². The van der Waals surface area contributed by atoms with Gasteiger partial charge in [0.1, 0.15) is 0 Å². The molecule has 0 fully saturated rings. The topological polar surface area (TPSA) is 138 Å². The maximum atomic E-state index is 12.1. The van der Waals surface area contributed by atoms with Gasteiger partial charge in [-0.2, -0.15) is 0 Å². The van der Waals surface area contributed by atoms with E-state index in [1.807, 2.05) is 36.4 Å². The highest BCUT2D eigenvalue weighted by atomic mass is 16.1. The van der Waals surface area contributed by atoms with Crippen LogP contribution in [-0.2, 0) is 0 Å². The Balaban J connectivity index is 0.000000181. The molecular weight excluding hydrogens is 400 g/mol. The van der Waals surface area contributed by atoms with E-state index in [0.717, 1.165) is 0 Å². The molecule has 0 amide bonds. The van der Waals surface area contributed by atoms with Crippen molar-refractivity contribution in [1.82, 2.24) is 0 Å². The van der Waals surface area contributed by atoms with Crippen LogP contribution < -0.4 is 22.9 Å². The van der Waals surface area contributed by atoms with Crippen LogP contribution in [0.4, 0.5) is 22.7 Å². The third kappa shape index (κ3) is 5.12. The number of nitrogen functional groups attached to an aromatic ring is 4. The third-order valence-corrected chi connectivity index (χ3v) is 4.81. The van der Waals surface area contributed by atoms with E-state index in [1.165, 1.54) is 0 Å². The summed E-state index contributed by atoms with van der Waals surface area (Å²) < 4.78 is 0. The van der Waals surface area contributed by atoms with E-state index >= 15 is 0 Å². The molecule has 0 saturated heterocycles. The number of hydrogen-bond donors (Lipinski definition) is 4. The predicted molar refractivity (Wildman–Crippen MR) is 130 cm³/mol. The Labute approximate surface area is 186 Å². The molecule has 0 aliphatic rings. The van der Waals surface area contributed by atoms with Crippen molar-refractivity contribution in [3.8, 4) is 0 Å². The standard InChI is InChI=1S/2C13H12N2O/c14-11-8-4-7-10(12(11)15)13(16)9-5-2-1-3-6-9;14-11-7-6-10(8-12(11)15)13(16)9-4-2-1-3-5-9/h2*1-8H,14-15H2. The van der Waals surface area contributed by atoms with Crippen LogP contribution in [0.25, 0.3) is 0 Å². The fourth-order valence-electron chi connectivity index (χ4n) is 3.00. The largest absolute Gasteiger partial charge is 0.397 e. The summed E-state index contributed by atoms with van der Waals surface area (Å²) in [6.45, 7) is 0. The van der Waals surface area contributed by atoms with Gasteiger partial charge in [-0.05, 0) is 30.3 Å². The number of para-hydroxylation sites is 1. The lowest BCUT2D eigenvalue weighted by Crippen LogP contribution is -2.07. The first-order valence-electron chi connectivity index (χ1n) is 9.87. The highest BCUT2D eigenvalue weighted by Crippen LogP contribution is 2.22. The lowest BCUT2D eigenvalue weighted by atomic mass is 10.0. The van der Waals surface area contributed by atoms with Gasteiger partial charge in [0.05, 0.1) is 22.7 Å². The van der Waals surface area contributed by atoms with Gasteiger partial charge in [0.25, 0.3) is 0 Å². The number of anilines is 4. The van der Waals surface area contributed by atoms with Crippen molar-refractivity contribution in [2.45, 2.75) is 0 Å². The fraction of sp³-hybridized carbons (Fsp3) is 0. The van der Waals surface area contributed by atoms with Crippen molar-refractivity contribution in [3.63, 3.8) is 0 Å². The second-order valence-electron chi connectivity index (χ2n) is 7.04. The number of carbonyl (C=O) groups is 2. The molecule has 0 spiro atoms. The molecule has 0 unspecified atom stereocenters. The van der Waals surface area contributed by atoms with Crippen molar-refractivity contribution in [2.24, 2.45) is 0 Å². The number of hydrogen-bond acceptors (Lipinski definition) is 6. The molecule has 32 heavy (non-hydrogen) atoms. The molecule has 6 heteroatoms. The molecule has 6 nitrogen and oxygen atoms in total. The molecule has 0 radical (unpaired) electrons. The van der Waals surface area contributed by atoms with Gasteiger partial charge < -0.3 is 22.9 Å². The first-order chi connectivity index (χ1) is 15.4. The van der Waals surface area contributed by atoms with E-state index in [1.54, 1.807) is 60.7 Å². The van der Waals surface area contributed by atoms with Crippen molar-refractivity contribution in [1.29, 1.82) is 0 Å².